The minimum atomic E-state index is -5.87. The van der Waals surface area contributed by atoms with Crippen LogP contribution in [-0.2, 0) is 36.3 Å². The van der Waals surface area contributed by atoms with Gasteiger partial charge in [-0.1, -0.05) is 72.8 Å². The molecule has 2 fully saturated rings. The summed E-state index contributed by atoms with van der Waals surface area (Å²) in [6, 6.07) is 25.9. The van der Waals surface area contributed by atoms with Crippen molar-refractivity contribution in [2.75, 3.05) is 24.2 Å². The van der Waals surface area contributed by atoms with Crippen molar-refractivity contribution in [2.24, 2.45) is 5.73 Å². The first-order valence-corrected chi connectivity index (χ1v) is 22.2. The molecule has 0 saturated carbocycles. The molecule has 5 N–H and O–H groups in total. The van der Waals surface area contributed by atoms with Gasteiger partial charge in [-0.2, -0.15) is 8.78 Å². The molecule has 0 aliphatic carbocycles. The molecule has 1 aromatic heterocycles. The highest BCUT2D eigenvalue weighted by atomic mass is 32.2. The normalized spacial score (nSPS) is 18.2. The minimum Gasteiger partial charge on any atom is -0.365 e. The number of alkyl halides is 2. The van der Waals surface area contributed by atoms with Gasteiger partial charge in [-0.25, -0.2) is 12.7 Å². The molecule has 2 atom stereocenters. The fraction of sp³-hybridized carbons (Fsp3) is 0.275. The van der Waals surface area contributed by atoms with Gasteiger partial charge in [0.05, 0.1) is 5.75 Å². The molecular weight excluding hydrogens is 798 g/mol. The Morgan fingerprint density at radius 1 is 0.895 bits per heavy atom. The number of nitrogens with zero attached hydrogens (tertiary/aromatic N) is 2. The smallest absolute Gasteiger partial charge is 0.365 e. The molecule has 0 radical (unpaired) electrons. The SMILES string of the molecule is NC(=O)c1sc2ccc(C(F)(F)P(=O)(O)O)cc2c1-c1cccc(CCS(=O)(=O)N2CCC(=O)N3[C@H](CC[C@H]3C(=O)Nc3ccc(-c4ccccc4)cc3)CC2)c1. The van der Waals surface area contributed by atoms with E-state index in [2.05, 4.69) is 5.32 Å². The molecule has 5 aromatic rings. The van der Waals surface area contributed by atoms with Crippen LogP contribution in [0.4, 0.5) is 14.5 Å². The van der Waals surface area contributed by atoms with E-state index in [-0.39, 0.29) is 65.4 Å². The Morgan fingerprint density at radius 2 is 1.60 bits per heavy atom. The zero-order chi connectivity index (χ0) is 40.7. The van der Waals surface area contributed by atoms with Crippen molar-refractivity contribution in [3.8, 4) is 22.3 Å². The van der Waals surface area contributed by atoms with Gasteiger partial charge in [-0.05, 0) is 72.2 Å². The second kappa shape index (κ2) is 15.8. The predicted octanol–water partition coefficient (Wildman–Crippen LogP) is 6.53. The molecule has 3 heterocycles. The van der Waals surface area contributed by atoms with Crippen LogP contribution >= 0.6 is 18.9 Å². The molecule has 0 spiro atoms. The van der Waals surface area contributed by atoms with Gasteiger partial charge in [0.2, 0.25) is 21.8 Å². The van der Waals surface area contributed by atoms with Crippen LogP contribution in [0.3, 0.4) is 0 Å². The number of thiophene rings is 1. The summed E-state index contributed by atoms with van der Waals surface area (Å²) < 4.78 is 70.0. The number of sulfonamides is 1. The van der Waals surface area contributed by atoms with Gasteiger partial charge in [0.15, 0.2) is 0 Å². The molecule has 17 heteroatoms. The molecule has 57 heavy (non-hydrogen) atoms. The molecule has 4 aromatic carbocycles. The van der Waals surface area contributed by atoms with Crippen molar-refractivity contribution in [3.05, 3.63) is 113 Å². The Hall–Kier alpha value is -4.83. The van der Waals surface area contributed by atoms with Crippen LogP contribution in [0.1, 0.15) is 46.5 Å². The van der Waals surface area contributed by atoms with Gasteiger partial charge < -0.3 is 25.7 Å². The lowest BCUT2D eigenvalue weighted by molar-refractivity contribution is -0.139. The number of hydrogen-bond donors (Lipinski definition) is 4. The van der Waals surface area contributed by atoms with Crippen LogP contribution in [-0.4, -0.2) is 76.1 Å². The number of carbonyl (C=O) groups excluding carboxylic acids is 3. The Bertz CT molecular complexity index is 2510. The highest BCUT2D eigenvalue weighted by molar-refractivity contribution is 7.89. The van der Waals surface area contributed by atoms with E-state index >= 15 is 0 Å². The molecule has 2 saturated heterocycles. The molecule has 0 unspecified atom stereocenters. The predicted molar refractivity (Wildman–Crippen MR) is 214 cm³/mol. The first-order valence-electron chi connectivity index (χ1n) is 18.2. The summed E-state index contributed by atoms with van der Waals surface area (Å²) in [6.45, 7) is 0.112. The maximum absolute atomic E-state index is 14.7. The minimum absolute atomic E-state index is 0.0369. The number of amides is 3. The molecule has 0 bridgehead atoms. The van der Waals surface area contributed by atoms with Gasteiger partial charge in [0.25, 0.3) is 5.91 Å². The lowest BCUT2D eigenvalue weighted by Gasteiger charge is -2.34. The van der Waals surface area contributed by atoms with Crippen LogP contribution in [0.5, 0.6) is 0 Å². The van der Waals surface area contributed by atoms with Gasteiger partial charge in [-0.3, -0.25) is 18.9 Å². The van der Waals surface area contributed by atoms with Crippen LogP contribution < -0.4 is 11.1 Å². The second-order valence-corrected chi connectivity index (χ2v) is 18.9. The standard InChI is InChI=1S/C40H39F2N4O8PS2/c41-40(42,55(50,51)52)29-11-16-34-32(24-29)36(37(56-34)38(43)48)28-8-4-5-25(23-28)19-22-57(53,54)45-20-17-31-14-15-33(46(31)35(47)18-21-45)39(49)44-30-12-9-27(10-13-30)26-6-2-1-3-7-26/h1-13,16,23-24,31,33H,14-15,17-22H2,(H2,43,48)(H,44,49)(H2,50,51,52)/t31-,33+/m1/s1. The molecule has 7 rings (SSSR count). The monoisotopic (exact) mass is 836 g/mol. The Kier molecular flexibility index (Phi) is 11.2. The quantitative estimate of drug-likeness (QED) is 0.108. The first-order chi connectivity index (χ1) is 27.0. The Morgan fingerprint density at radius 3 is 2.30 bits per heavy atom. The molecule has 298 valence electrons. The van der Waals surface area contributed by atoms with Crippen molar-refractivity contribution in [1.29, 1.82) is 0 Å². The average molecular weight is 837 g/mol. The third kappa shape index (κ3) is 8.29. The Balaban J connectivity index is 1.02. The summed E-state index contributed by atoms with van der Waals surface area (Å²) >= 11 is 0.939. The van der Waals surface area contributed by atoms with E-state index in [9.17, 15) is 45.9 Å². The van der Waals surface area contributed by atoms with E-state index in [1.54, 1.807) is 29.2 Å². The van der Waals surface area contributed by atoms with E-state index in [0.717, 1.165) is 34.6 Å². The number of anilines is 1. The summed E-state index contributed by atoms with van der Waals surface area (Å²) in [5, 5.41) is 3.07. The third-order valence-corrected chi connectivity index (χ3v) is 14.6. The van der Waals surface area contributed by atoms with Crippen molar-refractivity contribution in [1.82, 2.24) is 9.21 Å². The number of benzene rings is 4. The largest absolute Gasteiger partial charge is 0.399 e. The van der Waals surface area contributed by atoms with Crippen LogP contribution in [0, 0.1) is 0 Å². The second-order valence-electron chi connectivity index (χ2n) is 14.2. The number of halogens is 2. The van der Waals surface area contributed by atoms with Gasteiger partial charge in [0, 0.05) is 52.5 Å². The number of rotatable bonds is 11. The van der Waals surface area contributed by atoms with Crippen molar-refractivity contribution in [3.63, 3.8) is 0 Å². The number of hydrogen-bond acceptors (Lipinski definition) is 7. The molecule has 3 amide bonds. The van der Waals surface area contributed by atoms with Gasteiger partial charge >= 0.3 is 13.3 Å². The van der Waals surface area contributed by atoms with Crippen LogP contribution in [0.15, 0.2) is 97.1 Å². The highest BCUT2D eigenvalue weighted by Crippen LogP contribution is 2.59. The summed E-state index contributed by atoms with van der Waals surface area (Å²) in [5.41, 5.74) is 4.01. The van der Waals surface area contributed by atoms with Crippen molar-refractivity contribution < 1.29 is 45.9 Å². The van der Waals surface area contributed by atoms with E-state index in [4.69, 9.17) is 5.73 Å². The summed E-state index contributed by atoms with van der Waals surface area (Å²) in [6.07, 6.45) is 1.32. The third-order valence-electron chi connectivity index (χ3n) is 10.5. The summed E-state index contributed by atoms with van der Waals surface area (Å²) in [4.78, 5) is 59.7. The fourth-order valence-electron chi connectivity index (χ4n) is 7.61. The molecule has 12 nitrogen and oxygen atoms in total. The maximum atomic E-state index is 14.7. The van der Waals surface area contributed by atoms with E-state index in [1.807, 2.05) is 54.6 Å². The summed E-state index contributed by atoms with van der Waals surface area (Å²) in [7, 11) is -9.75. The zero-order valence-electron chi connectivity index (χ0n) is 30.4. The lowest BCUT2D eigenvalue weighted by atomic mass is 9.98. The van der Waals surface area contributed by atoms with Crippen molar-refractivity contribution >= 4 is 62.5 Å². The molecular formula is C40H39F2N4O8PS2. The number of nitrogens with one attached hydrogen (secondary N) is 1. The fourth-order valence-corrected chi connectivity index (χ4v) is 10.6. The van der Waals surface area contributed by atoms with Gasteiger partial charge in [-0.15, -0.1) is 11.3 Å². The molecule has 2 aliphatic rings. The van der Waals surface area contributed by atoms with Crippen molar-refractivity contribution in [2.45, 2.75) is 49.9 Å². The van der Waals surface area contributed by atoms with E-state index in [0.29, 0.717) is 40.8 Å². The average Bonchev–Trinajstić information content (AvgIpc) is 3.78. The van der Waals surface area contributed by atoms with E-state index in [1.165, 1.54) is 10.4 Å². The highest BCUT2D eigenvalue weighted by Gasteiger charge is 2.50. The first kappa shape index (κ1) is 40.4. The van der Waals surface area contributed by atoms with Gasteiger partial charge in [0.1, 0.15) is 10.9 Å². The number of carbonyl (C=O) groups is 3. The number of primary amides is 1. The number of nitrogens with two attached hydrogens (primary N) is 1. The molecule has 2 aliphatic heterocycles. The number of fused-ring (bicyclic) bond motifs is 2. The zero-order valence-corrected chi connectivity index (χ0v) is 32.9. The number of aryl methyl sites for hydroxylation is 1. The summed E-state index contributed by atoms with van der Waals surface area (Å²) in [5.74, 6) is -1.72. The van der Waals surface area contributed by atoms with E-state index < -0.39 is 40.8 Å². The van der Waals surface area contributed by atoms with Crippen LogP contribution in [0.2, 0.25) is 0 Å². The lowest BCUT2D eigenvalue weighted by Crippen LogP contribution is -2.51. The topological polar surface area (TPSA) is 187 Å². The maximum Gasteiger partial charge on any atom is 0.399 e. The van der Waals surface area contributed by atoms with Crippen LogP contribution in [0.25, 0.3) is 32.3 Å². The Labute approximate surface area is 331 Å².